The van der Waals surface area contributed by atoms with Gasteiger partial charge in [0.05, 0.1) is 0 Å². The van der Waals surface area contributed by atoms with Gasteiger partial charge in [-0.3, -0.25) is 0 Å². The number of hydrogen-bond acceptors (Lipinski definition) is 3. The average Bonchev–Trinajstić information content (AvgIpc) is 2.09. The van der Waals surface area contributed by atoms with Gasteiger partial charge in [0.25, 0.3) is 0 Å². The number of carbonyl (C=O) groups excluding carboxylic acids is 1. The van der Waals surface area contributed by atoms with Crippen molar-refractivity contribution in [1.29, 1.82) is 0 Å². The third kappa shape index (κ3) is 5.95. The maximum Gasteiger partial charge on any atom is 0.407 e. The van der Waals surface area contributed by atoms with Crippen LogP contribution in [0.1, 0.15) is 48.0 Å². The molecule has 0 heterocycles. The molecule has 3 N–H and O–H groups in total. The Balaban J connectivity index is 4.36. The van der Waals surface area contributed by atoms with E-state index in [9.17, 15) is 4.79 Å². The largest absolute Gasteiger partial charge is 0.444 e. The van der Waals surface area contributed by atoms with Crippen LogP contribution in [0.3, 0.4) is 0 Å². The SMILES string of the molecule is CC[C@H](N)[C@@H](NC(=O)OC(C)(C)C)C(C)C. The van der Waals surface area contributed by atoms with Crippen LogP contribution in [0.5, 0.6) is 0 Å². The van der Waals surface area contributed by atoms with Crippen molar-refractivity contribution in [2.24, 2.45) is 11.7 Å². The van der Waals surface area contributed by atoms with Crippen LogP contribution in [0.2, 0.25) is 0 Å². The molecule has 0 saturated heterocycles. The molecule has 0 spiro atoms. The minimum atomic E-state index is -0.470. The van der Waals surface area contributed by atoms with Gasteiger partial charge in [0, 0.05) is 12.1 Å². The van der Waals surface area contributed by atoms with Crippen molar-refractivity contribution < 1.29 is 9.53 Å². The molecule has 0 aliphatic carbocycles. The standard InChI is InChI=1S/C12H26N2O2/c1-7-9(13)10(8(2)3)14-11(15)16-12(4,5)6/h8-10H,7,13H2,1-6H3,(H,14,15)/t9-,10-/m0/s1. The number of carbonyl (C=O) groups is 1. The van der Waals surface area contributed by atoms with E-state index < -0.39 is 11.7 Å². The summed E-state index contributed by atoms with van der Waals surface area (Å²) >= 11 is 0. The van der Waals surface area contributed by atoms with E-state index in [0.717, 1.165) is 6.42 Å². The van der Waals surface area contributed by atoms with E-state index in [0.29, 0.717) is 5.92 Å². The van der Waals surface area contributed by atoms with E-state index in [4.69, 9.17) is 10.5 Å². The maximum atomic E-state index is 11.6. The number of ether oxygens (including phenoxy) is 1. The van der Waals surface area contributed by atoms with Gasteiger partial charge in [-0.2, -0.15) is 0 Å². The highest BCUT2D eigenvalue weighted by molar-refractivity contribution is 5.68. The first-order chi connectivity index (χ1) is 7.17. The Morgan fingerprint density at radius 1 is 1.38 bits per heavy atom. The van der Waals surface area contributed by atoms with E-state index in [1.807, 2.05) is 41.5 Å². The molecule has 16 heavy (non-hydrogen) atoms. The Morgan fingerprint density at radius 2 is 1.88 bits per heavy atom. The Kier molecular flexibility index (Phi) is 5.79. The molecule has 0 unspecified atom stereocenters. The first kappa shape index (κ1) is 15.2. The molecule has 0 aliphatic heterocycles. The molecule has 96 valence electrons. The predicted octanol–water partition coefficient (Wildman–Crippen LogP) is 2.27. The van der Waals surface area contributed by atoms with Gasteiger partial charge in [0.1, 0.15) is 5.60 Å². The highest BCUT2D eigenvalue weighted by Gasteiger charge is 2.24. The number of alkyl carbamates (subject to hydrolysis) is 1. The summed E-state index contributed by atoms with van der Waals surface area (Å²) in [6.45, 7) is 11.6. The molecular weight excluding hydrogens is 204 g/mol. The zero-order chi connectivity index (χ0) is 12.9. The normalized spacial score (nSPS) is 15.8. The highest BCUT2D eigenvalue weighted by Crippen LogP contribution is 2.11. The summed E-state index contributed by atoms with van der Waals surface area (Å²) in [4.78, 5) is 11.6. The molecule has 4 heteroatoms. The fourth-order valence-electron chi connectivity index (χ4n) is 1.47. The zero-order valence-electron chi connectivity index (χ0n) is 11.3. The van der Waals surface area contributed by atoms with Gasteiger partial charge in [0.15, 0.2) is 0 Å². The molecule has 0 fully saturated rings. The molecule has 1 amide bonds. The van der Waals surface area contributed by atoms with Crippen molar-refractivity contribution in [3.05, 3.63) is 0 Å². The second kappa shape index (κ2) is 6.09. The zero-order valence-corrected chi connectivity index (χ0v) is 11.3. The molecule has 0 saturated carbocycles. The predicted molar refractivity (Wildman–Crippen MR) is 66.3 cm³/mol. The van der Waals surface area contributed by atoms with Crippen LogP contribution in [-0.2, 0) is 4.74 Å². The van der Waals surface area contributed by atoms with Crippen molar-refractivity contribution in [3.63, 3.8) is 0 Å². The van der Waals surface area contributed by atoms with Gasteiger partial charge in [-0.25, -0.2) is 4.79 Å². The van der Waals surface area contributed by atoms with Crippen LogP contribution >= 0.6 is 0 Å². The lowest BCUT2D eigenvalue weighted by Crippen LogP contribution is -2.51. The van der Waals surface area contributed by atoms with Crippen LogP contribution in [0, 0.1) is 5.92 Å². The van der Waals surface area contributed by atoms with Crippen molar-refractivity contribution in [3.8, 4) is 0 Å². The van der Waals surface area contributed by atoms with E-state index in [1.165, 1.54) is 0 Å². The summed E-state index contributed by atoms with van der Waals surface area (Å²) in [5, 5.41) is 2.84. The molecule has 0 aromatic carbocycles. The molecule has 4 nitrogen and oxygen atoms in total. The summed E-state index contributed by atoms with van der Waals surface area (Å²) in [5.41, 5.74) is 5.49. The summed E-state index contributed by atoms with van der Waals surface area (Å²) in [5.74, 6) is 0.294. The lowest BCUT2D eigenvalue weighted by molar-refractivity contribution is 0.0480. The molecular formula is C12H26N2O2. The van der Waals surface area contributed by atoms with Gasteiger partial charge in [-0.05, 0) is 33.1 Å². The Hall–Kier alpha value is -0.770. The summed E-state index contributed by atoms with van der Waals surface area (Å²) < 4.78 is 5.21. The van der Waals surface area contributed by atoms with Crippen LogP contribution in [0.15, 0.2) is 0 Å². The molecule has 0 radical (unpaired) electrons. The Labute approximate surface area is 98.9 Å². The van der Waals surface area contributed by atoms with Crippen molar-refractivity contribution in [1.82, 2.24) is 5.32 Å². The molecule has 0 aromatic heterocycles. The number of nitrogens with one attached hydrogen (secondary N) is 1. The number of nitrogens with two attached hydrogens (primary N) is 1. The second-order valence-corrected chi connectivity index (χ2v) is 5.49. The van der Waals surface area contributed by atoms with Gasteiger partial charge in [-0.15, -0.1) is 0 Å². The minimum absolute atomic E-state index is 0.0347. The van der Waals surface area contributed by atoms with Crippen molar-refractivity contribution in [2.45, 2.75) is 65.6 Å². The van der Waals surface area contributed by atoms with Crippen LogP contribution in [0.25, 0.3) is 0 Å². The van der Waals surface area contributed by atoms with Gasteiger partial charge in [-0.1, -0.05) is 20.8 Å². The average molecular weight is 230 g/mol. The topological polar surface area (TPSA) is 64.3 Å². The molecule has 0 rings (SSSR count). The summed E-state index contributed by atoms with van der Waals surface area (Å²) in [6.07, 6.45) is 0.439. The van der Waals surface area contributed by atoms with Crippen LogP contribution in [0.4, 0.5) is 4.79 Å². The van der Waals surface area contributed by atoms with Crippen LogP contribution in [-0.4, -0.2) is 23.8 Å². The molecule has 0 aromatic rings. The van der Waals surface area contributed by atoms with E-state index in [2.05, 4.69) is 5.32 Å². The van der Waals surface area contributed by atoms with E-state index >= 15 is 0 Å². The maximum absolute atomic E-state index is 11.6. The third-order valence-electron chi connectivity index (χ3n) is 2.33. The smallest absolute Gasteiger partial charge is 0.407 e. The minimum Gasteiger partial charge on any atom is -0.444 e. The van der Waals surface area contributed by atoms with Crippen LogP contribution < -0.4 is 11.1 Å². The summed E-state index contributed by atoms with van der Waals surface area (Å²) in [7, 11) is 0. The first-order valence-corrected chi connectivity index (χ1v) is 5.92. The fraction of sp³-hybridized carbons (Fsp3) is 0.917. The van der Waals surface area contributed by atoms with Gasteiger partial charge < -0.3 is 15.8 Å². The third-order valence-corrected chi connectivity index (χ3v) is 2.33. The number of rotatable bonds is 4. The lowest BCUT2D eigenvalue weighted by atomic mass is 9.95. The van der Waals surface area contributed by atoms with Gasteiger partial charge >= 0.3 is 6.09 Å². The molecule has 2 atom stereocenters. The highest BCUT2D eigenvalue weighted by atomic mass is 16.6. The lowest BCUT2D eigenvalue weighted by Gasteiger charge is -2.29. The fourth-order valence-corrected chi connectivity index (χ4v) is 1.47. The molecule has 0 bridgehead atoms. The first-order valence-electron chi connectivity index (χ1n) is 5.92. The second-order valence-electron chi connectivity index (χ2n) is 5.49. The van der Waals surface area contributed by atoms with Gasteiger partial charge in [0.2, 0.25) is 0 Å². The van der Waals surface area contributed by atoms with E-state index in [-0.39, 0.29) is 12.1 Å². The summed E-state index contributed by atoms with van der Waals surface area (Å²) in [6, 6.07) is -0.0765. The monoisotopic (exact) mass is 230 g/mol. The van der Waals surface area contributed by atoms with Crippen molar-refractivity contribution in [2.75, 3.05) is 0 Å². The quantitative estimate of drug-likeness (QED) is 0.778. The number of amides is 1. The Morgan fingerprint density at radius 3 is 2.19 bits per heavy atom. The molecule has 0 aliphatic rings. The van der Waals surface area contributed by atoms with Crippen molar-refractivity contribution >= 4 is 6.09 Å². The van der Waals surface area contributed by atoms with E-state index in [1.54, 1.807) is 0 Å². The number of hydrogen-bond donors (Lipinski definition) is 2. The Bertz CT molecular complexity index is 222.